The highest BCUT2D eigenvalue weighted by atomic mass is 16.5. The molecular formula is C9H16O2. The van der Waals surface area contributed by atoms with Crippen LogP contribution in [0.4, 0.5) is 0 Å². The lowest BCUT2D eigenvalue weighted by Crippen LogP contribution is -2.07. The molecule has 1 atom stereocenters. The maximum atomic E-state index is 8.71. The summed E-state index contributed by atoms with van der Waals surface area (Å²) < 4.78 is 5.15. The highest BCUT2D eigenvalue weighted by Gasteiger charge is 2.12. The zero-order valence-electron chi connectivity index (χ0n) is 7.05. The average molecular weight is 156 g/mol. The molecule has 2 nitrogen and oxygen atoms in total. The van der Waals surface area contributed by atoms with E-state index < -0.39 is 0 Å². The Labute approximate surface area is 67.9 Å². The third-order valence-electron chi connectivity index (χ3n) is 2.18. The minimum absolute atomic E-state index is 0.290. The first-order valence-electron chi connectivity index (χ1n) is 4.22. The number of allylic oxidation sites excluding steroid dienone is 2. The molecule has 1 rings (SSSR count). The molecule has 0 aliphatic heterocycles. The van der Waals surface area contributed by atoms with Crippen molar-refractivity contribution in [3.63, 3.8) is 0 Å². The van der Waals surface area contributed by atoms with Crippen LogP contribution in [-0.2, 0) is 4.74 Å². The molecule has 1 aliphatic carbocycles. The molecule has 64 valence electrons. The molecule has 0 saturated heterocycles. The van der Waals surface area contributed by atoms with Gasteiger partial charge in [0.15, 0.2) is 0 Å². The van der Waals surface area contributed by atoms with Crippen LogP contribution in [0, 0.1) is 5.92 Å². The first-order chi connectivity index (χ1) is 5.36. The highest BCUT2D eigenvalue weighted by molar-refractivity contribution is 5.00. The second kappa shape index (κ2) is 4.39. The van der Waals surface area contributed by atoms with Crippen molar-refractivity contribution in [2.75, 3.05) is 13.7 Å². The molecule has 0 aromatic carbocycles. The van der Waals surface area contributed by atoms with E-state index in [4.69, 9.17) is 9.84 Å². The van der Waals surface area contributed by atoms with Gasteiger partial charge in [0, 0.05) is 13.0 Å². The van der Waals surface area contributed by atoms with Crippen LogP contribution in [0.3, 0.4) is 0 Å². The Balaban J connectivity index is 2.41. The molecule has 0 aromatic heterocycles. The Bertz CT molecular complexity index is 140. The van der Waals surface area contributed by atoms with E-state index in [1.165, 1.54) is 12.8 Å². The summed E-state index contributed by atoms with van der Waals surface area (Å²) in [6.45, 7) is 0.290. The van der Waals surface area contributed by atoms with Crippen LogP contribution in [-0.4, -0.2) is 18.8 Å². The summed E-state index contributed by atoms with van der Waals surface area (Å²) in [7, 11) is 1.72. The highest BCUT2D eigenvalue weighted by Crippen LogP contribution is 2.24. The molecule has 0 amide bonds. The van der Waals surface area contributed by atoms with Gasteiger partial charge in [0.2, 0.25) is 0 Å². The van der Waals surface area contributed by atoms with E-state index in [1.807, 2.05) is 0 Å². The zero-order chi connectivity index (χ0) is 8.10. The smallest absolute Gasteiger partial charge is 0.0918 e. The minimum atomic E-state index is 0.290. The summed E-state index contributed by atoms with van der Waals surface area (Å²) in [4.78, 5) is 0. The molecule has 0 spiro atoms. The lowest BCUT2D eigenvalue weighted by atomic mass is 9.92. The number of hydrogen-bond donors (Lipinski definition) is 1. The Morgan fingerprint density at radius 1 is 1.73 bits per heavy atom. The monoisotopic (exact) mass is 156 g/mol. The predicted molar refractivity (Wildman–Crippen MR) is 44.1 cm³/mol. The number of aliphatic hydroxyl groups is 1. The van der Waals surface area contributed by atoms with Crippen LogP contribution in [0.2, 0.25) is 0 Å². The summed E-state index contributed by atoms with van der Waals surface area (Å²) in [5.41, 5.74) is 0. The van der Waals surface area contributed by atoms with Crippen molar-refractivity contribution in [3.8, 4) is 0 Å². The van der Waals surface area contributed by atoms with Crippen LogP contribution in [0.25, 0.3) is 0 Å². The van der Waals surface area contributed by atoms with Gasteiger partial charge >= 0.3 is 0 Å². The largest absolute Gasteiger partial charge is 0.501 e. The normalized spacial score (nSPS) is 24.5. The van der Waals surface area contributed by atoms with Crippen molar-refractivity contribution in [3.05, 3.63) is 11.8 Å². The predicted octanol–water partition coefficient (Wildman–Crippen LogP) is 1.70. The van der Waals surface area contributed by atoms with Crippen LogP contribution in [0.1, 0.15) is 25.7 Å². The van der Waals surface area contributed by atoms with Crippen LogP contribution < -0.4 is 0 Å². The molecule has 0 fully saturated rings. The van der Waals surface area contributed by atoms with E-state index in [9.17, 15) is 0 Å². The van der Waals surface area contributed by atoms with Gasteiger partial charge < -0.3 is 9.84 Å². The third-order valence-corrected chi connectivity index (χ3v) is 2.18. The molecule has 0 saturated carbocycles. The van der Waals surface area contributed by atoms with Gasteiger partial charge in [0.25, 0.3) is 0 Å². The summed E-state index contributed by atoms with van der Waals surface area (Å²) in [6.07, 6.45) is 6.50. The number of ether oxygens (including phenoxy) is 1. The van der Waals surface area contributed by atoms with Gasteiger partial charge in [-0.15, -0.1) is 0 Å². The molecular weight excluding hydrogens is 140 g/mol. The fraction of sp³-hybridized carbons (Fsp3) is 0.778. The molecule has 0 radical (unpaired) electrons. The Hall–Kier alpha value is -0.500. The van der Waals surface area contributed by atoms with Crippen LogP contribution in [0.15, 0.2) is 11.8 Å². The van der Waals surface area contributed by atoms with Crippen LogP contribution >= 0.6 is 0 Å². The molecule has 0 bridgehead atoms. The summed E-state index contributed by atoms with van der Waals surface area (Å²) in [5.74, 6) is 1.64. The first-order valence-corrected chi connectivity index (χ1v) is 4.22. The van der Waals surface area contributed by atoms with Gasteiger partial charge in [-0.1, -0.05) is 0 Å². The maximum absolute atomic E-state index is 8.71. The summed E-state index contributed by atoms with van der Waals surface area (Å²) >= 11 is 0. The van der Waals surface area contributed by atoms with Gasteiger partial charge in [-0.25, -0.2) is 0 Å². The fourth-order valence-electron chi connectivity index (χ4n) is 1.53. The van der Waals surface area contributed by atoms with E-state index >= 15 is 0 Å². The number of methoxy groups -OCH3 is 1. The fourth-order valence-corrected chi connectivity index (χ4v) is 1.53. The van der Waals surface area contributed by atoms with E-state index in [0.29, 0.717) is 5.92 Å². The Kier molecular flexibility index (Phi) is 3.43. The maximum Gasteiger partial charge on any atom is 0.0918 e. The second-order valence-corrected chi connectivity index (χ2v) is 3.00. The second-order valence-electron chi connectivity index (χ2n) is 3.00. The third kappa shape index (κ3) is 2.54. The van der Waals surface area contributed by atoms with Crippen molar-refractivity contribution >= 4 is 0 Å². The molecule has 0 aromatic rings. The average Bonchev–Trinajstić information content (AvgIpc) is 2.06. The molecule has 0 heterocycles. The van der Waals surface area contributed by atoms with E-state index in [-0.39, 0.29) is 6.61 Å². The van der Waals surface area contributed by atoms with Gasteiger partial charge in [-0.05, 0) is 31.3 Å². The van der Waals surface area contributed by atoms with Crippen molar-refractivity contribution in [1.29, 1.82) is 0 Å². The van der Waals surface area contributed by atoms with Crippen molar-refractivity contribution in [2.24, 2.45) is 5.92 Å². The van der Waals surface area contributed by atoms with Gasteiger partial charge in [-0.2, -0.15) is 0 Å². The Morgan fingerprint density at radius 2 is 2.55 bits per heavy atom. The Morgan fingerprint density at radius 3 is 3.18 bits per heavy atom. The molecule has 2 heteroatoms. The quantitative estimate of drug-likeness (QED) is 0.674. The van der Waals surface area contributed by atoms with E-state index in [2.05, 4.69) is 6.08 Å². The number of aliphatic hydroxyl groups excluding tert-OH is 1. The van der Waals surface area contributed by atoms with E-state index in [1.54, 1.807) is 7.11 Å². The van der Waals surface area contributed by atoms with Gasteiger partial charge in [0.1, 0.15) is 0 Å². The standard InChI is InChI=1S/C9H16O2/c1-11-9-4-2-3-8(7-9)5-6-10/h7-8,10H,2-6H2,1H3. The SMILES string of the molecule is COC1=CC(CCO)CCC1. The summed E-state index contributed by atoms with van der Waals surface area (Å²) in [5, 5.41) is 8.71. The number of rotatable bonds is 3. The molecule has 1 N–H and O–H groups in total. The minimum Gasteiger partial charge on any atom is -0.501 e. The van der Waals surface area contributed by atoms with Gasteiger partial charge in [-0.3, -0.25) is 0 Å². The lowest BCUT2D eigenvalue weighted by molar-refractivity contribution is 0.235. The molecule has 1 aliphatic rings. The molecule has 11 heavy (non-hydrogen) atoms. The first kappa shape index (κ1) is 8.60. The van der Waals surface area contributed by atoms with Crippen molar-refractivity contribution < 1.29 is 9.84 Å². The molecule has 1 unspecified atom stereocenters. The van der Waals surface area contributed by atoms with E-state index in [0.717, 1.165) is 18.6 Å². The summed E-state index contributed by atoms with van der Waals surface area (Å²) in [6, 6.07) is 0. The van der Waals surface area contributed by atoms with Crippen molar-refractivity contribution in [1.82, 2.24) is 0 Å². The van der Waals surface area contributed by atoms with Gasteiger partial charge in [0.05, 0.1) is 12.9 Å². The number of hydrogen-bond acceptors (Lipinski definition) is 2. The lowest BCUT2D eigenvalue weighted by Gasteiger charge is -2.19. The topological polar surface area (TPSA) is 29.5 Å². The van der Waals surface area contributed by atoms with Crippen LogP contribution in [0.5, 0.6) is 0 Å². The zero-order valence-corrected chi connectivity index (χ0v) is 7.05. The van der Waals surface area contributed by atoms with Crippen molar-refractivity contribution in [2.45, 2.75) is 25.7 Å².